The van der Waals surface area contributed by atoms with Crippen LogP contribution in [-0.4, -0.2) is 16.3 Å². The molecule has 0 spiro atoms. The molecule has 1 radical (unpaired) electrons. The highest BCUT2D eigenvalue weighted by atomic mass is 35.6. The van der Waals surface area contributed by atoms with Crippen LogP contribution in [0.5, 0.6) is 0 Å². The van der Waals surface area contributed by atoms with Gasteiger partial charge in [0.2, 0.25) is 16.3 Å². The average Bonchev–Trinajstić information content (AvgIpc) is 2.58. The molecule has 1 nitrogen and oxygen atoms in total. The first-order valence-corrected chi connectivity index (χ1v) is 12.8. The monoisotopic (exact) mass is 695 g/mol. The Morgan fingerprint density at radius 2 is 1.10 bits per heavy atom. The Balaban J connectivity index is 3.87. The van der Waals surface area contributed by atoms with Gasteiger partial charge in [-0.25, -0.2) is 5.11 Å². The molecule has 15 heteroatoms. The molecular weight excluding hydrogens is 693 g/mol. The van der Waals surface area contributed by atoms with Crippen LogP contribution in [0.25, 0.3) is 0 Å². The van der Waals surface area contributed by atoms with Crippen LogP contribution in [0.1, 0.15) is 36.1 Å². The van der Waals surface area contributed by atoms with E-state index in [9.17, 15) is 5.11 Å². The SMILES string of the molecule is CCC([O])c1ccc(C(Cl)(Cl)C(Cl)(Cl)C(Cl)(Cl)Cl)cc1C(Cl)(Cl)C(Cl)(Cl)C(Cl)(Cl)Cl. The minimum Gasteiger partial charge on any atom is -0.228 e. The normalized spacial score (nSPS) is 16.0. The van der Waals surface area contributed by atoms with Crippen molar-refractivity contribution >= 4 is 162 Å². The average molecular weight is 702 g/mol. The lowest BCUT2D eigenvalue weighted by Gasteiger charge is -2.41. The molecule has 1 rings (SSSR count). The fourth-order valence-electron chi connectivity index (χ4n) is 2.23. The molecule has 0 amide bonds. The van der Waals surface area contributed by atoms with E-state index >= 15 is 0 Å². The Morgan fingerprint density at radius 3 is 1.47 bits per heavy atom. The van der Waals surface area contributed by atoms with Crippen LogP contribution in [0.15, 0.2) is 18.2 Å². The van der Waals surface area contributed by atoms with Crippen molar-refractivity contribution in [1.29, 1.82) is 0 Å². The predicted octanol–water partition coefficient (Wildman–Crippen LogP) is 10.9. The topological polar surface area (TPSA) is 19.9 Å². The van der Waals surface area contributed by atoms with Gasteiger partial charge in [0, 0.05) is 0 Å². The summed E-state index contributed by atoms with van der Waals surface area (Å²) < 4.78 is -14.2. The zero-order valence-electron chi connectivity index (χ0n) is 14.2. The lowest BCUT2D eigenvalue weighted by atomic mass is 9.92. The van der Waals surface area contributed by atoms with E-state index in [1.807, 2.05) is 0 Å². The number of alkyl halides is 14. The van der Waals surface area contributed by atoms with Gasteiger partial charge in [-0.15, -0.1) is 0 Å². The Kier molecular flexibility index (Phi) is 10.7. The van der Waals surface area contributed by atoms with Crippen LogP contribution >= 0.6 is 162 Å². The number of benzene rings is 1. The Morgan fingerprint density at radius 1 is 0.700 bits per heavy atom. The molecule has 1 aromatic rings. The van der Waals surface area contributed by atoms with Gasteiger partial charge in [0.05, 0.1) is 0 Å². The van der Waals surface area contributed by atoms with Gasteiger partial charge < -0.3 is 0 Å². The lowest BCUT2D eigenvalue weighted by molar-refractivity contribution is 0.0846. The molecule has 0 fully saturated rings. The molecule has 1 atom stereocenters. The minimum absolute atomic E-state index is 0.0664. The first-order chi connectivity index (χ1) is 13.1. The maximum Gasteiger partial charge on any atom is 0.226 e. The van der Waals surface area contributed by atoms with Crippen LogP contribution in [0.2, 0.25) is 0 Å². The smallest absolute Gasteiger partial charge is 0.226 e. The van der Waals surface area contributed by atoms with Crippen molar-refractivity contribution in [2.45, 2.75) is 44.4 Å². The second-order valence-electron chi connectivity index (χ2n) is 5.99. The van der Waals surface area contributed by atoms with E-state index in [1.54, 1.807) is 6.92 Å². The van der Waals surface area contributed by atoms with E-state index in [0.717, 1.165) is 0 Å². The van der Waals surface area contributed by atoms with Crippen LogP contribution in [0.4, 0.5) is 0 Å². The summed E-state index contributed by atoms with van der Waals surface area (Å²) in [4.78, 5) is 0. The summed E-state index contributed by atoms with van der Waals surface area (Å²) in [6.07, 6.45) is -1.19. The molecule has 0 aromatic heterocycles. The summed E-state index contributed by atoms with van der Waals surface area (Å²) in [6.45, 7) is 1.63. The van der Waals surface area contributed by atoms with Gasteiger partial charge in [0.15, 0.2) is 8.67 Å². The first-order valence-electron chi connectivity index (χ1n) is 7.52. The van der Waals surface area contributed by atoms with E-state index in [-0.39, 0.29) is 23.1 Å². The highest BCUT2D eigenvalue weighted by Gasteiger charge is 2.63. The molecule has 1 unspecified atom stereocenters. The largest absolute Gasteiger partial charge is 0.228 e. The molecule has 1 aromatic carbocycles. The van der Waals surface area contributed by atoms with Crippen LogP contribution < -0.4 is 0 Å². The van der Waals surface area contributed by atoms with Crippen LogP contribution in [-0.2, 0) is 13.8 Å². The van der Waals surface area contributed by atoms with Crippen molar-refractivity contribution in [3.05, 3.63) is 34.9 Å². The van der Waals surface area contributed by atoms with Gasteiger partial charge in [0.1, 0.15) is 6.10 Å². The van der Waals surface area contributed by atoms with Gasteiger partial charge in [-0.1, -0.05) is 181 Å². The molecular formula is C15H9Cl14O. The zero-order valence-corrected chi connectivity index (χ0v) is 24.8. The Bertz CT molecular complexity index is 762. The summed E-state index contributed by atoms with van der Waals surface area (Å²) in [5.41, 5.74) is -0.164. The number of hydrogen-bond donors (Lipinski definition) is 0. The van der Waals surface area contributed by atoms with Crippen molar-refractivity contribution < 1.29 is 5.11 Å². The second-order valence-corrected chi connectivity index (χ2v) is 15.9. The van der Waals surface area contributed by atoms with Crippen molar-refractivity contribution in [1.82, 2.24) is 0 Å². The fraction of sp³-hybridized carbons (Fsp3) is 0.600. The minimum atomic E-state index is -2.45. The Labute approximate surface area is 244 Å². The summed E-state index contributed by atoms with van der Waals surface area (Å²) in [5, 5.41) is 12.6. The molecule has 0 aliphatic rings. The van der Waals surface area contributed by atoms with Crippen molar-refractivity contribution in [3.63, 3.8) is 0 Å². The van der Waals surface area contributed by atoms with Crippen molar-refractivity contribution in [2.24, 2.45) is 0 Å². The maximum atomic E-state index is 12.6. The standard InChI is InChI=1S/C15H9Cl14O/c1-2-9(30)7-4-3-6(10(16,17)12(20,21)14(24,25)26)5-8(7)11(18,19)13(22,23)15(27,28)29/h3-5,9H,2H2,1H3. The predicted molar refractivity (Wildman–Crippen MR) is 136 cm³/mol. The highest BCUT2D eigenvalue weighted by molar-refractivity contribution is 6.79. The summed E-state index contributed by atoms with van der Waals surface area (Å²) >= 11 is 85.4. The number of halogens is 14. The van der Waals surface area contributed by atoms with Crippen molar-refractivity contribution in [2.75, 3.05) is 0 Å². The molecule has 0 aliphatic carbocycles. The number of hydrogen-bond acceptors (Lipinski definition) is 0. The fourth-order valence-corrected chi connectivity index (χ4v) is 5.21. The summed E-state index contributed by atoms with van der Waals surface area (Å²) in [7, 11) is 0. The third-order valence-electron chi connectivity index (χ3n) is 3.97. The summed E-state index contributed by atoms with van der Waals surface area (Å²) in [5.74, 6) is 0. The molecule has 0 saturated carbocycles. The lowest BCUT2D eigenvalue weighted by Crippen LogP contribution is -2.47. The third kappa shape index (κ3) is 5.79. The van der Waals surface area contributed by atoms with Gasteiger partial charge in [0.25, 0.3) is 0 Å². The van der Waals surface area contributed by atoms with E-state index in [4.69, 9.17) is 162 Å². The molecule has 173 valence electrons. The van der Waals surface area contributed by atoms with Gasteiger partial charge >= 0.3 is 0 Å². The van der Waals surface area contributed by atoms with Crippen LogP contribution in [0, 0.1) is 0 Å². The van der Waals surface area contributed by atoms with Gasteiger partial charge in [-0.05, 0) is 29.2 Å². The first kappa shape index (κ1) is 31.3. The quantitative estimate of drug-likeness (QED) is 0.263. The molecule has 0 saturated heterocycles. The van der Waals surface area contributed by atoms with Crippen LogP contribution in [0.3, 0.4) is 0 Å². The molecule has 0 N–H and O–H groups in total. The zero-order chi connectivity index (χ0) is 24.1. The highest BCUT2D eigenvalue weighted by Crippen LogP contribution is 2.64. The third-order valence-corrected chi connectivity index (χ3v) is 11.9. The molecule has 0 bridgehead atoms. The number of rotatable bonds is 6. The Hall–Kier alpha value is 3.24. The second kappa shape index (κ2) is 10.3. The van der Waals surface area contributed by atoms with E-state index < -0.39 is 31.0 Å². The molecule has 0 aliphatic heterocycles. The van der Waals surface area contributed by atoms with Gasteiger partial charge in [-0.2, -0.15) is 0 Å². The maximum absolute atomic E-state index is 12.6. The van der Waals surface area contributed by atoms with E-state index in [1.165, 1.54) is 18.2 Å². The van der Waals surface area contributed by atoms with Crippen molar-refractivity contribution in [3.8, 4) is 0 Å². The molecule has 0 heterocycles. The van der Waals surface area contributed by atoms with E-state index in [0.29, 0.717) is 0 Å². The van der Waals surface area contributed by atoms with Gasteiger partial charge in [-0.3, -0.25) is 0 Å². The molecule has 30 heavy (non-hydrogen) atoms. The summed E-state index contributed by atoms with van der Waals surface area (Å²) in [6, 6.07) is 3.80. The van der Waals surface area contributed by atoms with E-state index in [2.05, 4.69) is 0 Å².